The van der Waals surface area contributed by atoms with E-state index >= 15 is 0 Å². The molecule has 5 heteroatoms. The Balaban J connectivity index is 2.04. The summed E-state index contributed by atoms with van der Waals surface area (Å²) in [5.74, 6) is 0.830. The van der Waals surface area contributed by atoms with E-state index in [-0.39, 0.29) is 0 Å². The highest BCUT2D eigenvalue weighted by Gasteiger charge is 2.11. The van der Waals surface area contributed by atoms with Gasteiger partial charge in [-0.3, -0.25) is 4.68 Å². The van der Waals surface area contributed by atoms with E-state index in [4.69, 9.17) is 16.3 Å². The Morgan fingerprint density at radius 2 is 2.00 bits per heavy atom. The molecule has 0 saturated carbocycles. The van der Waals surface area contributed by atoms with Crippen LogP contribution >= 0.6 is 11.6 Å². The topological polar surface area (TPSA) is 39.1 Å². The SMILES string of the molecule is CNC(C)c1ccc(OCc2c(C)nn(C)c2Cl)cc1. The second-order valence-electron chi connectivity index (χ2n) is 4.85. The summed E-state index contributed by atoms with van der Waals surface area (Å²) in [5.41, 5.74) is 3.07. The number of halogens is 1. The highest BCUT2D eigenvalue weighted by Crippen LogP contribution is 2.22. The molecule has 4 nitrogen and oxygen atoms in total. The second-order valence-corrected chi connectivity index (χ2v) is 5.20. The molecule has 0 aliphatic carbocycles. The normalized spacial score (nSPS) is 12.4. The lowest BCUT2D eigenvalue weighted by atomic mass is 10.1. The van der Waals surface area contributed by atoms with Gasteiger partial charge in [-0.25, -0.2) is 0 Å². The van der Waals surface area contributed by atoms with Gasteiger partial charge in [0.1, 0.15) is 17.5 Å². The predicted octanol–water partition coefficient (Wildman–Crippen LogP) is 3.24. The number of aromatic nitrogens is 2. The van der Waals surface area contributed by atoms with E-state index in [1.165, 1.54) is 5.56 Å². The van der Waals surface area contributed by atoms with E-state index < -0.39 is 0 Å². The molecule has 0 spiro atoms. The molecule has 1 N–H and O–H groups in total. The molecule has 20 heavy (non-hydrogen) atoms. The second kappa shape index (κ2) is 6.29. The van der Waals surface area contributed by atoms with Gasteiger partial charge in [-0.05, 0) is 38.6 Å². The molecular formula is C15H20ClN3O. The summed E-state index contributed by atoms with van der Waals surface area (Å²) in [7, 11) is 3.77. The van der Waals surface area contributed by atoms with Crippen LogP contribution in [-0.2, 0) is 13.7 Å². The number of nitrogens with one attached hydrogen (secondary N) is 1. The molecule has 0 bridgehead atoms. The van der Waals surface area contributed by atoms with Crippen molar-refractivity contribution >= 4 is 11.6 Å². The fourth-order valence-electron chi connectivity index (χ4n) is 2.01. The number of hydrogen-bond donors (Lipinski definition) is 1. The zero-order valence-corrected chi connectivity index (χ0v) is 13.0. The van der Waals surface area contributed by atoms with Crippen LogP contribution in [0.2, 0.25) is 5.15 Å². The summed E-state index contributed by atoms with van der Waals surface area (Å²) >= 11 is 6.18. The molecule has 0 amide bonds. The fraction of sp³-hybridized carbons (Fsp3) is 0.400. The molecule has 1 atom stereocenters. The number of ether oxygens (including phenoxy) is 1. The molecule has 1 unspecified atom stereocenters. The number of benzene rings is 1. The van der Waals surface area contributed by atoms with Crippen LogP contribution in [0.15, 0.2) is 24.3 Å². The van der Waals surface area contributed by atoms with Gasteiger partial charge in [0.25, 0.3) is 0 Å². The van der Waals surface area contributed by atoms with Crippen molar-refractivity contribution < 1.29 is 4.74 Å². The molecule has 1 heterocycles. The van der Waals surface area contributed by atoms with Crippen molar-refractivity contribution in [1.29, 1.82) is 0 Å². The maximum absolute atomic E-state index is 6.18. The van der Waals surface area contributed by atoms with E-state index in [0.717, 1.165) is 17.0 Å². The molecule has 1 aromatic carbocycles. The highest BCUT2D eigenvalue weighted by molar-refractivity contribution is 6.30. The summed E-state index contributed by atoms with van der Waals surface area (Å²) in [6.07, 6.45) is 0. The minimum Gasteiger partial charge on any atom is -0.489 e. The molecule has 1 aromatic heterocycles. The molecule has 108 valence electrons. The van der Waals surface area contributed by atoms with Crippen molar-refractivity contribution in [3.8, 4) is 5.75 Å². The van der Waals surface area contributed by atoms with E-state index in [2.05, 4.69) is 29.5 Å². The Labute approximate surface area is 124 Å². The number of aryl methyl sites for hydroxylation is 2. The minimum atomic E-state index is 0.332. The van der Waals surface area contributed by atoms with Gasteiger partial charge in [0.05, 0.1) is 5.69 Å². The Kier molecular flexibility index (Phi) is 4.68. The first kappa shape index (κ1) is 14.9. The summed E-state index contributed by atoms with van der Waals surface area (Å²) in [6.45, 7) is 4.48. The largest absolute Gasteiger partial charge is 0.489 e. The Bertz CT molecular complexity index is 578. The minimum absolute atomic E-state index is 0.332. The van der Waals surface area contributed by atoms with Crippen LogP contribution in [0.4, 0.5) is 0 Å². The van der Waals surface area contributed by atoms with Crippen LogP contribution in [-0.4, -0.2) is 16.8 Å². The van der Waals surface area contributed by atoms with Crippen LogP contribution in [0.3, 0.4) is 0 Å². The molecule has 0 saturated heterocycles. The van der Waals surface area contributed by atoms with Crippen LogP contribution in [0.25, 0.3) is 0 Å². The lowest BCUT2D eigenvalue weighted by Gasteiger charge is -2.11. The molecule has 0 aliphatic rings. The first-order valence-electron chi connectivity index (χ1n) is 6.61. The Hall–Kier alpha value is -1.52. The zero-order chi connectivity index (χ0) is 14.7. The number of rotatable bonds is 5. The summed E-state index contributed by atoms with van der Waals surface area (Å²) in [5, 5.41) is 8.10. The fourth-order valence-corrected chi connectivity index (χ4v) is 2.24. The first-order chi connectivity index (χ1) is 9.52. The van der Waals surface area contributed by atoms with Crippen molar-refractivity contribution in [1.82, 2.24) is 15.1 Å². The third-order valence-corrected chi connectivity index (χ3v) is 3.94. The molecule has 0 radical (unpaired) electrons. The van der Waals surface area contributed by atoms with Gasteiger partial charge in [0, 0.05) is 18.7 Å². The smallest absolute Gasteiger partial charge is 0.133 e. The number of hydrogen-bond acceptors (Lipinski definition) is 3. The van der Waals surface area contributed by atoms with Gasteiger partial charge in [-0.15, -0.1) is 0 Å². The summed E-state index contributed by atoms with van der Waals surface area (Å²) in [4.78, 5) is 0. The average Bonchev–Trinajstić information content (AvgIpc) is 2.70. The maximum atomic E-state index is 6.18. The third-order valence-electron chi connectivity index (χ3n) is 3.47. The first-order valence-corrected chi connectivity index (χ1v) is 6.98. The van der Waals surface area contributed by atoms with Gasteiger partial charge in [0.15, 0.2) is 0 Å². The van der Waals surface area contributed by atoms with Crippen molar-refractivity contribution in [3.05, 3.63) is 46.2 Å². The highest BCUT2D eigenvalue weighted by atomic mass is 35.5. The lowest BCUT2D eigenvalue weighted by Crippen LogP contribution is -2.11. The van der Waals surface area contributed by atoms with Gasteiger partial charge in [-0.1, -0.05) is 23.7 Å². The average molecular weight is 294 g/mol. The van der Waals surface area contributed by atoms with Gasteiger partial charge in [-0.2, -0.15) is 5.10 Å². The van der Waals surface area contributed by atoms with Crippen molar-refractivity contribution in [2.75, 3.05) is 7.05 Å². The van der Waals surface area contributed by atoms with Gasteiger partial charge < -0.3 is 10.1 Å². The lowest BCUT2D eigenvalue weighted by molar-refractivity contribution is 0.305. The Morgan fingerprint density at radius 1 is 1.35 bits per heavy atom. The van der Waals surface area contributed by atoms with Crippen LogP contribution in [0.5, 0.6) is 5.75 Å². The van der Waals surface area contributed by atoms with E-state index in [1.54, 1.807) is 4.68 Å². The molecule has 2 rings (SSSR count). The Morgan fingerprint density at radius 3 is 2.50 bits per heavy atom. The van der Waals surface area contributed by atoms with Crippen LogP contribution < -0.4 is 10.1 Å². The quantitative estimate of drug-likeness (QED) is 0.920. The van der Waals surface area contributed by atoms with Crippen LogP contribution in [0.1, 0.15) is 29.8 Å². The standard InChI is InChI=1S/C15H20ClN3O/c1-10(17-3)12-5-7-13(8-6-12)20-9-14-11(2)18-19(4)15(14)16/h5-8,10,17H,9H2,1-4H3. The third kappa shape index (κ3) is 3.14. The molecule has 0 aliphatic heterocycles. The van der Waals surface area contributed by atoms with E-state index in [9.17, 15) is 0 Å². The van der Waals surface area contributed by atoms with Crippen LogP contribution in [0, 0.1) is 6.92 Å². The van der Waals surface area contributed by atoms with E-state index in [1.807, 2.05) is 33.2 Å². The summed E-state index contributed by atoms with van der Waals surface area (Å²) in [6, 6.07) is 8.41. The predicted molar refractivity (Wildman–Crippen MR) is 81.2 cm³/mol. The monoisotopic (exact) mass is 293 g/mol. The van der Waals surface area contributed by atoms with Crippen molar-refractivity contribution in [2.24, 2.45) is 7.05 Å². The van der Waals surface area contributed by atoms with E-state index in [0.29, 0.717) is 17.8 Å². The summed E-state index contributed by atoms with van der Waals surface area (Å²) < 4.78 is 7.44. The van der Waals surface area contributed by atoms with Crippen molar-refractivity contribution in [3.63, 3.8) is 0 Å². The van der Waals surface area contributed by atoms with Crippen molar-refractivity contribution in [2.45, 2.75) is 26.5 Å². The molecular weight excluding hydrogens is 274 g/mol. The molecule has 2 aromatic rings. The van der Waals surface area contributed by atoms with Gasteiger partial charge in [0.2, 0.25) is 0 Å². The zero-order valence-electron chi connectivity index (χ0n) is 12.3. The van der Waals surface area contributed by atoms with Gasteiger partial charge >= 0.3 is 0 Å². The molecule has 0 fully saturated rings. The number of nitrogens with zero attached hydrogens (tertiary/aromatic N) is 2. The maximum Gasteiger partial charge on any atom is 0.133 e.